The number of alkyl halides is 3. The van der Waals surface area contributed by atoms with E-state index in [2.05, 4.69) is 4.98 Å². The first kappa shape index (κ1) is 9.79. The van der Waals surface area contributed by atoms with Gasteiger partial charge >= 0.3 is 6.18 Å². The van der Waals surface area contributed by atoms with Crippen molar-refractivity contribution in [2.45, 2.75) is 12.8 Å². The Balaban J connectivity index is 3.29. The largest absolute Gasteiger partial charge is 0.418 e. The van der Waals surface area contributed by atoms with Gasteiger partial charge in [-0.3, -0.25) is 4.98 Å². The van der Waals surface area contributed by atoms with Crippen LogP contribution in [-0.4, -0.2) is 10.1 Å². The molecule has 0 saturated carbocycles. The first-order valence-electron chi connectivity index (χ1n) is 3.37. The Kier molecular flexibility index (Phi) is 2.42. The van der Waals surface area contributed by atoms with E-state index in [1.807, 2.05) is 0 Å². The maximum absolute atomic E-state index is 12.2. The summed E-state index contributed by atoms with van der Waals surface area (Å²) in [6.07, 6.45) is -2.82. The van der Waals surface area contributed by atoms with Crippen molar-refractivity contribution < 1.29 is 18.3 Å². The molecule has 0 aromatic carbocycles. The van der Waals surface area contributed by atoms with Gasteiger partial charge in [0.15, 0.2) is 0 Å². The molecule has 13 heavy (non-hydrogen) atoms. The minimum Gasteiger partial charge on any atom is -0.397 e. The van der Waals surface area contributed by atoms with Crippen molar-refractivity contribution in [3.05, 3.63) is 23.5 Å². The molecule has 0 bridgehead atoms. The van der Waals surface area contributed by atoms with Gasteiger partial charge in [-0.05, 0) is 0 Å². The lowest BCUT2D eigenvalue weighted by atomic mass is 10.1. The van der Waals surface area contributed by atoms with E-state index >= 15 is 0 Å². The normalized spacial score (nSPS) is 11.7. The van der Waals surface area contributed by atoms with E-state index in [1.54, 1.807) is 0 Å². The smallest absolute Gasteiger partial charge is 0.397 e. The minimum absolute atomic E-state index is 0.155. The second-order valence-electron chi connectivity index (χ2n) is 2.41. The van der Waals surface area contributed by atoms with Crippen molar-refractivity contribution in [2.75, 3.05) is 5.73 Å². The van der Waals surface area contributed by atoms with Crippen LogP contribution in [0.5, 0.6) is 0 Å². The molecule has 0 radical (unpaired) electrons. The van der Waals surface area contributed by atoms with E-state index in [9.17, 15) is 13.2 Å². The fraction of sp³-hybridized carbons (Fsp3) is 0.286. The highest BCUT2D eigenvalue weighted by molar-refractivity contribution is 5.48. The van der Waals surface area contributed by atoms with Crippen LogP contribution < -0.4 is 5.73 Å². The molecule has 1 rings (SSSR count). The van der Waals surface area contributed by atoms with Gasteiger partial charge < -0.3 is 10.8 Å². The maximum atomic E-state index is 12.2. The van der Waals surface area contributed by atoms with E-state index in [4.69, 9.17) is 10.8 Å². The number of rotatable bonds is 1. The van der Waals surface area contributed by atoms with Gasteiger partial charge in [0.2, 0.25) is 0 Å². The standard InChI is InChI=1S/C7H7F3N2O/c8-7(9,10)5-1-12-2-6(11)4(5)3-13/h1-2,13H,3,11H2. The molecule has 0 amide bonds. The van der Waals surface area contributed by atoms with Gasteiger partial charge in [-0.15, -0.1) is 0 Å². The Morgan fingerprint density at radius 3 is 2.38 bits per heavy atom. The van der Waals surface area contributed by atoms with E-state index in [-0.39, 0.29) is 11.3 Å². The zero-order valence-corrected chi connectivity index (χ0v) is 6.47. The predicted molar refractivity (Wildman–Crippen MR) is 39.6 cm³/mol. The number of hydrogen-bond acceptors (Lipinski definition) is 3. The number of nitrogens with zero attached hydrogens (tertiary/aromatic N) is 1. The van der Waals surface area contributed by atoms with Gasteiger partial charge in [-0.25, -0.2) is 0 Å². The highest BCUT2D eigenvalue weighted by atomic mass is 19.4. The number of pyridine rings is 1. The summed E-state index contributed by atoms with van der Waals surface area (Å²) < 4.78 is 36.6. The van der Waals surface area contributed by atoms with Crippen molar-refractivity contribution in [3.8, 4) is 0 Å². The molecule has 1 aromatic rings. The number of hydrogen-bond donors (Lipinski definition) is 2. The average Bonchev–Trinajstić information content (AvgIpc) is 2.02. The Labute approximate surface area is 72.0 Å². The number of aliphatic hydroxyl groups excluding tert-OH is 1. The van der Waals surface area contributed by atoms with E-state index in [0.717, 1.165) is 6.20 Å². The third-order valence-corrected chi connectivity index (χ3v) is 1.55. The predicted octanol–water partition coefficient (Wildman–Crippen LogP) is 1.17. The molecule has 1 aromatic heterocycles. The van der Waals surface area contributed by atoms with E-state index in [0.29, 0.717) is 6.20 Å². The van der Waals surface area contributed by atoms with Gasteiger partial charge in [0, 0.05) is 11.8 Å². The zero-order valence-electron chi connectivity index (χ0n) is 6.47. The molecule has 0 aliphatic carbocycles. The molecular weight excluding hydrogens is 185 g/mol. The Bertz CT molecular complexity index is 311. The molecule has 0 fully saturated rings. The van der Waals surface area contributed by atoms with Crippen molar-refractivity contribution in [1.82, 2.24) is 4.98 Å². The average molecular weight is 192 g/mol. The fourth-order valence-corrected chi connectivity index (χ4v) is 0.924. The number of nitrogen functional groups attached to an aromatic ring is 1. The Morgan fingerprint density at radius 2 is 2.00 bits per heavy atom. The molecule has 0 unspecified atom stereocenters. The summed E-state index contributed by atoms with van der Waals surface area (Å²) in [5, 5.41) is 8.65. The number of nitrogens with two attached hydrogens (primary N) is 1. The van der Waals surface area contributed by atoms with Crippen molar-refractivity contribution in [3.63, 3.8) is 0 Å². The summed E-state index contributed by atoms with van der Waals surface area (Å²) in [6.45, 7) is -0.747. The molecule has 0 spiro atoms. The van der Waals surface area contributed by atoms with Crippen LogP contribution in [0.15, 0.2) is 12.4 Å². The number of aromatic nitrogens is 1. The van der Waals surface area contributed by atoms with Gasteiger partial charge in [0.1, 0.15) is 0 Å². The SMILES string of the molecule is Nc1cncc(C(F)(F)F)c1CO. The lowest BCUT2D eigenvalue weighted by molar-refractivity contribution is -0.138. The molecular formula is C7H7F3N2O. The third-order valence-electron chi connectivity index (χ3n) is 1.55. The first-order chi connectivity index (χ1) is 5.96. The lowest BCUT2D eigenvalue weighted by Gasteiger charge is -2.11. The topological polar surface area (TPSA) is 59.1 Å². The minimum atomic E-state index is -4.53. The lowest BCUT2D eigenvalue weighted by Crippen LogP contribution is -2.11. The van der Waals surface area contributed by atoms with Crippen LogP contribution in [0.25, 0.3) is 0 Å². The van der Waals surface area contributed by atoms with Gasteiger partial charge in [-0.2, -0.15) is 13.2 Å². The second kappa shape index (κ2) is 3.21. The molecule has 0 aliphatic rings. The zero-order chi connectivity index (χ0) is 10.1. The van der Waals surface area contributed by atoms with Crippen LogP contribution in [0.2, 0.25) is 0 Å². The number of halogens is 3. The van der Waals surface area contributed by atoms with Gasteiger partial charge in [0.25, 0.3) is 0 Å². The summed E-state index contributed by atoms with van der Waals surface area (Å²) in [7, 11) is 0. The van der Waals surface area contributed by atoms with Crippen LogP contribution in [0.3, 0.4) is 0 Å². The Hall–Kier alpha value is -1.30. The Morgan fingerprint density at radius 1 is 1.38 bits per heavy atom. The molecule has 3 N–H and O–H groups in total. The molecule has 3 nitrogen and oxygen atoms in total. The van der Waals surface area contributed by atoms with Crippen LogP contribution in [-0.2, 0) is 12.8 Å². The summed E-state index contributed by atoms with van der Waals surface area (Å²) >= 11 is 0. The van der Waals surface area contributed by atoms with Crippen LogP contribution in [0.4, 0.5) is 18.9 Å². The molecule has 0 saturated heterocycles. The van der Waals surface area contributed by atoms with E-state index in [1.165, 1.54) is 0 Å². The maximum Gasteiger partial charge on any atom is 0.418 e. The first-order valence-corrected chi connectivity index (χ1v) is 3.37. The third kappa shape index (κ3) is 1.89. The highest BCUT2D eigenvalue weighted by Gasteiger charge is 2.34. The van der Waals surface area contributed by atoms with E-state index < -0.39 is 18.3 Å². The van der Waals surface area contributed by atoms with Crippen molar-refractivity contribution in [1.29, 1.82) is 0 Å². The number of aliphatic hydroxyl groups is 1. The quantitative estimate of drug-likeness (QED) is 0.702. The molecule has 1 heterocycles. The van der Waals surface area contributed by atoms with Gasteiger partial charge in [0.05, 0.1) is 24.1 Å². The fourth-order valence-electron chi connectivity index (χ4n) is 0.924. The molecule has 72 valence electrons. The molecule has 0 atom stereocenters. The monoisotopic (exact) mass is 192 g/mol. The van der Waals surface area contributed by atoms with Crippen LogP contribution in [0, 0.1) is 0 Å². The van der Waals surface area contributed by atoms with Gasteiger partial charge in [-0.1, -0.05) is 0 Å². The van der Waals surface area contributed by atoms with Crippen molar-refractivity contribution in [2.24, 2.45) is 0 Å². The highest BCUT2D eigenvalue weighted by Crippen LogP contribution is 2.33. The van der Waals surface area contributed by atoms with Crippen LogP contribution >= 0.6 is 0 Å². The summed E-state index contributed by atoms with van der Waals surface area (Å²) in [4.78, 5) is 3.30. The summed E-state index contributed by atoms with van der Waals surface area (Å²) in [5.41, 5.74) is 3.73. The molecule has 6 heteroatoms. The second-order valence-corrected chi connectivity index (χ2v) is 2.41. The molecule has 0 aliphatic heterocycles. The summed E-state index contributed by atoms with van der Waals surface area (Å²) in [6, 6.07) is 0. The van der Waals surface area contributed by atoms with Crippen LogP contribution in [0.1, 0.15) is 11.1 Å². The number of anilines is 1. The summed E-state index contributed by atoms with van der Waals surface area (Å²) in [5.74, 6) is 0. The van der Waals surface area contributed by atoms with Crippen molar-refractivity contribution >= 4 is 5.69 Å².